The molecule has 2 aromatic carbocycles. The number of carbonyl (C=O) groups is 2. The number of fused-ring (bicyclic) bond motifs is 1. The molecule has 6 nitrogen and oxygen atoms in total. The number of nitrogens with zero attached hydrogens (tertiary/aromatic N) is 2. The first-order valence-electron chi connectivity index (χ1n) is 8.91. The minimum Gasteiger partial charge on any atom is -0.356 e. The number of para-hydroxylation sites is 1. The van der Waals surface area contributed by atoms with Gasteiger partial charge in [-0.3, -0.25) is 9.59 Å². The Morgan fingerprint density at radius 2 is 1.93 bits per heavy atom. The van der Waals surface area contributed by atoms with Gasteiger partial charge < -0.3 is 14.7 Å². The summed E-state index contributed by atoms with van der Waals surface area (Å²) in [5, 5.41) is 8.49. The second kappa shape index (κ2) is 7.81. The maximum absolute atomic E-state index is 12.9. The van der Waals surface area contributed by atoms with Gasteiger partial charge in [0.1, 0.15) is 11.7 Å². The van der Waals surface area contributed by atoms with Gasteiger partial charge in [-0.2, -0.15) is 0 Å². The fourth-order valence-corrected chi connectivity index (χ4v) is 4.03. The second-order valence-electron chi connectivity index (χ2n) is 6.69. The first-order chi connectivity index (χ1) is 13.5. The fraction of sp³-hybridized carbons (Fsp3) is 0.250. The van der Waals surface area contributed by atoms with Gasteiger partial charge in [-0.1, -0.05) is 40.5 Å². The van der Waals surface area contributed by atoms with Crippen molar-refractivity contribution in [2.24, 2.45) is 0 Å². The smallest absolute Gasteiger partial charge is 0.247 e. The van der Waals surface area contributed by atoms with Gasteiger partial charge in [0.05, 0.1) is 6.42 Å². The Hall–Kier alpha value is -2.57. The molecule has 8 heteroatoms. The average Bonchev–Trinajstić information content (AvgIpc) is 3.28. The summed E-state index contributed by atoms with van der Waals surface area (Å²) in [6, 6.07) is 11.7. The van der Waals surface area contributed by atoms with Crippen LogP contribution < -0.4 is 5.32 Å². The van der Waals surface area contributed by atoms with E-state index in [9.17, 15) is 9.59 Å². The Balaban J connectivity index is 1.48. The molecule has 1 unspecified atom stereocenters. The van der Waals surface area contributed by atoms with Crippen LogP contribution in [-0.2, 0) is 16.0 Å². The first kappa shape index (κ1) is 18.8. The van der Waals surface area contributed by atoms with Crippen LogP contribution in [0.2, 0.25) is 10.0 Å². The van der Waals surface area contributed by atoms with Crippen LogP contribution in [0.5, 0.6) is 0 Å². The van der Waals surface area contributed by atoms with Crippen LogP contribution in [0.15, 0.2) is 47.0 Å². The number of carbonyl (C=O) groups excluding carboxylic acids is 2. The van der Waals surface area contributed by atoms with Crippen LogP contribution in [0, 0.1) is 0 Å². The molecule has 0 aliphatic carbocycles. The average molecular weight is 418 g/mol. The third kappa shape index (κ3) is 3.84. The molecule has 1 fully saturated rings. The Labute approximate surface area is 171 Å². The minimum atomic E-state index is -0.538. The van der Waals surface area contributed by atoms with Gasteiger partial charge in [0, 0.05) is 27.7 Å². The van der Waals surface area contributed by atoms with E-state index in [0.29, 0.717) is 40.0 Å². The molecule has 4 rings (SSSR count). The van der Waals surface area contributed by atoms with Crippen LogP contribution in [0.25, 0.3) is 11.0 Å². The zero-order valence-electron chi connectivity index (χ0n) is 14.8. The fourth-order valence-electron chi connectivity index (χ4n) is 3.50. The minimum absolute atomic E-state index is 0.0871. The van der Waals surface area contributed by atoms with E-state index < -0.39 is 6.04 Å². The lowest BCUT2D eigenvalue weighted by Crippen LogP contribution is -2.43. The van der Waals surface area contributed by atoms with Crippen molar-refractivity contribution in [2.45, 2.75) is 25.3 Å². The molecule has 0 bridgehead atoms. The number of halogens is 2. The SMILES string of the molecule is O=C(Nc1cc(Cl)cc(Cl)c1)C1CCCN1C(=O)Cc1noc2ccccc12. The van der Waals surface area contributed by atoms with E-state index in [2.05, 4.69) is 10.5 Å². The molecule has 1 atom stereocenters. The van der Waals surface area contributed by atoms with Crippen LogP contribution >= 0.6 is 23.2 Å². The highest BCUT2D eigenvalue weighted by Gasteiger charge is 2.34. The molecule has 1 N–H and O–H groups in total. The van der Waals surface area contributed by atoms with Crippen LogP contribution in [0.1, 0.15) is 18.5 Å². The lowest BCUT2D eigenvalue weighted by atomic mass is 10.1. The van der Waals surface area contributed by atoms with Crippen molar-refractivity contribution in [2.75, 3.05) is 11.9 Å². The lowest BCUT2D eigenvalue weighted by molar-refractivity contribution is -0.136. The number of benzene rings is 2. The maximum atomic E-state index is 12.9. The number of hydrogen-bond acceptors (Lipinski definition) is 4. The highest BCUT2D eigenvalue weighted by Crippen LogP contribution is 2.25. The zero-order valence-corrected chi connectivity index (χ0v) is 16.3. The van der Waals surface area contributed by atoms with Gasteiger partial charge in [-0.15, -0.1) is 0 Å². The van der Waals surface area contributed by atoms with E-state index in [1.54, 1.807) is 29.2 Å². The summed E-state index contributed by atoms with van der Waals surface area (Å²) in [4.78, 5) is 27.2. The molecular weight excluding hydrogens is 401 g/mol. The molecule has 1 saturated heterocycles. The number of nitrogens with one attached hydrogen (secondary N) is 1. The summed E-state index contributed by atoms with van der Waals surface area (Å²) in [6.45, 7) is 0.531. The molecule has 2 heterocycles. The van der Waals surface area contributed by atoms with Gasteiger partial charge in [0.2, 0.25) is 11.8 Å². The third-order valence-corrected chi connectivity index (χ3v) is 5.21. The summed E-state index contributed by atoms with van der Waals surface area (Å²) in [5.41, 5.74) is 1.72. The maximum Gasteiger partial charge on any atom is 0.247 e. The number of anilines is 1. The largest absolute Gasteiger partial charge is 0.356 e. The van der Waals surface area contributed by atoms with Crippen molar-refractivity contribution in [3.63, 3.8) is 0 Å². The predicted octanol–water partition coefficient (Wildman–Crippen LogP) is 4.31. The number of likely N-dealkylation sites (tertiary alicyclic amines) is 1. The number of rotatable bonds is 4. The van der Waals surface area contributed by atoms with E-state index >= 15 is 0 Å². The van der Waals surface area contributed by atoms with Crippen molar-refractivity contribution in [1.29, 1.82) is 0 Å². The van der Waals surface area contributed by atoms with Gasteiger partial charge in [-0.05, 0) is 43.2 Å². The molecule has 144 valence electrons. The van der Waals surface area contributed by atoms with Crippen molar-refractivity contribution in [1.82, 2.24) is 10.1 Å². The summed E-state index contributed by atoms with van der Waals surface area (Å²) in [7, 11) is 0. The molecule has 0 spiro atoms. The Bertz CT molecular complexity index is 1030. The Morgan fingerprint density at radius 3 is 2.71 bits per heavy atom. The van der Waals surface area contributed by atoms with Crippen LogP contribution in [-0.4, -0.2) is 34.5 Å². The molecule has 28 heavy (non-hydrogen) atoms. The molecule has 3 aromatic rings. The van der Waals surface area contributed by atoms with Crippen LogP contribution in [0.3, 0.4) is 0 Å². The molecule has 0 saturated carbocycles. The quantitative estimate of drug-likeness (QED) is 0.685. The summed E-state index contributed by atoms with van der Waals surface area (Å²) in [6.07, 6.45) is 1.45. The summed E-state index contributed by atoms with van der Waals surface area (Å²) < 4.78 is 5.26. The normalized spacial score (nSPS) is 16.5. The van der Waals surface area contributed by atoms with E-state index in [1.165, 1.54) is 0 Å². The standard InChI is InChI=1S/C20H17Cl2N3O3/c21-12-8-13(22)10-14(9-12)23-20(27)17-5-3-7-25(17)19(26)11-16-15-4-1-2-6-18(15)28-24-16/h1-2,4,6,8-10,17H,3,5,7,11H2,(H,23,27). The zero-order chi connectivity index (χ0) is 19.7. The predicted molar refractivity (Wildman–Crippen MR) is 108 cm³/mol. The highest BCUT2D eigenvalue weighted by atomic mass is 35.5. The van der Waals surface area contributed by atoms with Crippen molar-refractivity contribution >= 4 is 51.7 Å². The van der Waals surface area contributed by atoms with E-state index in [0.717, 1.165) is 11.8 Å². The topological polar surface area (TPSA) is 75.4 Å². The number of aromatic nitrogens is 1. The molecule has 1 aromatic heterocycles. The molecule has 1 aliphatic heterocycles. The van der Waals surface area contributed by atoms with E-state index in [4.69, 9.17) is 27.7 Å². The van der Waals surface area contributed by atoms with E-state index in [-0.39, 0.29) is 18.2 Å². The molecular formula is C20H17Cl2N3O3. The molecule has 1 aliphatic rings. The van der Waals surface area contributed by atoms with Crippen molar-refractivity contribution in [3.05, 3.63) is 58.2 Å². The Morgan fingerprint density at radius 1 is 1.18 bits per heavy atom. The van der Waals surface area contributed by atoms with Gasteiger partial charge in [0.25, 0.3) is 0 Å². The van der Waals surface area contributed by atoms with Gasteiger partial charge in [-0.25, -0.2) is 0 Å². The third-order valence-electron chi connectivity index (χ3n) is 4.78. The van der Waals surface area contributed by atoms with Crippen LogP contribution in [0.4, 0.5) is 5.69 Å². The highest BCUT2D eigenvalue weighted by molar-refractivity contribution is 6.35. The Kier molecular flexibility index (Phi) is 5.24. The van der Waals surface area contributed by atoms with E-state index in [1.807, 2.05) is 18.2 Å². The first-order valence-corrected chi connectivity index (χ1v) is 9.66. The lowest BCUT2D eigenvalue weighted by Gasteiger charge is -2.23. The summed E-state index contributed by atoms with van der Waals surface area (Å²) in [5.74, 6) is -0.407. The number of hydrogen-bond donors (Lipinski definition) is 1. The molecule has 0 radical (unpaired) electrons. The van der Waals surface area contributed by atoms with Crippen molar-refractivity contribution in [3.8, 4) is 0 Å². The molecule has 2 amide bonds. The van der Waals surface area contributed by atoms with Gasteiger partial charge in [0.15, 0.2) is 5.58 Å². The van der Waals surface area contributed by atoms with Gasteiger partial charge >= 0.3 is 0 Å². The second-order valence-corrected chi connectivity index (χ2v) is 7.57. The monoisotopic (exact) mass is 417 g/mol. The summed E-state index contributed by atoms with van der Waals surface area (Å²) >= 11 is 12.0. The number of amides is 2. The van der Waals surface area contributed by atoms with Crippen molar-refractivity contribution < 1.29 is 14.1 Å².